The molecule has 3 heterocycles. The van der Waals surface area contributed by atoms with Gasteiger partial charge in [-0.05, 0) is 37.3 Å². The van der Waals surface area contributed by atoms with Crippen LogP contribution in [0.1, 0.15) is 27.6 Å². The summed E-state index contributed by atoms with van der Waals surface area (Å²) in [6.07, 6.45) is 3.35. The molecule has 4 aromatic rings. The van der Waals surface area contributed by atoms with Crippen molar-refractivity contribution in [1.82, 2.24) is 20.2 Å². The third kappa shape index (κ3) is 3.50. The standard InChI is InChI=1S/C22H18N4O4/c1-3-30-22(28)16-11-17(13-6-8-14(9-7-13)21(27)29-2)24-20-18(16)19(25-26-20)15-5-4-10-23-12-15/h4-12H,3H2,1-2H3,(H,24,25,26). The molecule has 3 aromatic heterocycles. The highest BCUT2D eigenvalue weighted by atomic mass is 16.5. The van der Waals surface area contributed by atoms with Crippen molar-refractivity contribution in [3.8, 4) is 22.5 Å². The van der Waals surface area contributed by atoms with Crippen LogP contribution in [0, 0.1) is 0 Å². The van der Waals surface area contributed by atoms with E-state index in [4.69, 9.17) is 9.47 Å². The van der Waals surface area contributed by atoms with Crippen molar-refractivity contribution in [3.05, 3.63) is 66.0 Å². The van der Waals surface area contributed by atoms with Gasteiger partial charge in [0.15, 0.2) is 5.65 Å². The maximum atomic E-state index is 12.7. The van der Waals surface area contributed by atoms with Gasteiger partial charge in [-0.3, -0.25) is 10.1 Å². The first-order valence-corrected chi connectivity index (χ1v) is 9.27. The molecule has 0 aliphatic heterocycles. The fourth-order valence-corrected chi connectivity index (χ4v) is 3.16. The molecule has 1 N–H and O–H groups in total. The van der Waals surface area contributed by atoms with Crippen LogP contribution in [0.5, 0.6) is 0 Å². The van der Waals surface area contributed by atoms with Gasteiger partial charge in [-0.2, -0.15) is 5.10 Å². The number of nitrogens with zero attached hydrogens (tertiary/aromatic N) is 3. The molecular formula is C22H18N4O4. The third-order valence-corrected chi connectivity index (χ3v) is 4.57. The van der Waals surface area contributed by atoms with Crippen LogP contribution in [-0.4, -0.2) is 45.8 Å². The molecule has 0 saturated carbocycles. The van der Waals surface area contributed by atoms with Crippen LogP contribution < -0.4 is 0 Å². The number of fused-ring (bicyclic) bond motifs is 1. The first-order valence-electron chi connectivity index (χ1n) is 9.27. The zero-order valence-corrected chi connectivity index (χ0v) is 16.4. The number of carbonyl (C=O) groups is 2. The minimum atomic E-state index is -0.469. The van der Waals surface area contributed by atoms with Gasteiger partial charge < -0.3 is 9.47 Å². The summed E-state index contributed by atoms with van der Waals surface area (Å²) in [5, 5.41) is 7.82. The van der Waals surface area contributed by atoms with E-state index in [2.05, 4.69) is 20.2 Å². The average molecular weight is 402 g/mol. The van der Waals surface area contributed by atoms with Crippen LogP contribution in [-0.2, 0) is 9.47 Å². The normalized spacial score (nSPS) is 10.7. The van der Waals surface area contributed by atoms with Crippen molar-refractivity contribution in [3.63, 3.8) is 0 Å². The van der Waals surface area contributed by atoms with Crippen molar-refractivity contribution < 1.29 is 19.1 Å². The van der Waals surface area contributed by atoms with Gasteiger partial charge in [-0.1, -0.05) is 12.1 Å². The Balaban J connectivity index is 1.87. The number of aromatic nitrogens is 4. The molecule has 0 atom stereocenters. The lowest BCUT2D eigenvalue weighted by Crippen LogP contribution is -2.07. The number of hydrogen-bond donors (Lipinski definition) is 1. The largest absolute Gasteiger partial charge is 0.465 e. The highest BCUT2D eigenvalue weighted by molar-refractivity contribution is 6.09. The van der Waals surface area contributed by atoms with Gasteiger partial charge in [0, 0.05) is 23.5 Å². The summed E-state index contributed by atoms with van der Waals surface area (Å²) in [5.74, 6) is -0.894. The summed E-state index contributed by atoms with van der Waals surface area (Å²) in [6, 6.07) is 12.1. The van der Waals surface area contributed by atoms with Gasteiger partial charge >= 0.3 is 11.9 Å². The Hall–Kier alpha value is -4.07. The molecule has 0 unspecified atom stereocenters. The molecule has 0 saturated heterocycles. The molecule has 0 fully saturated rings. The number of benzene rings is 1. The number of rotatable bonds is 5. The number of nitrogens with one attached hydrogen (secondary N) is 1. The number of H-pyrrole nitrogens is 1. The number of carbonyl (C=O) groups excluding carboxylic acids is 2. The summed E-state index contributed by atoms with van der Waals surface area (Å²) in [4.78, 5) is 33.1. The summed E-state index contributed by atoms with van der Waals surface area (Å²) < 4.78 is 9.99. The van der Waals surface area contributed by atoms with E-state index >= 15 is 0 Å². The molecular weight excluding hydrogens is 384 g/mol. The Labute approximate surface area is 171 Å². The summed E-state index contributed by atoms with van der Waals surface area (Å²) in [6.45, 7) is 1.99. The predicted octanol–water partition coefficient (Wildman–Crippen LogP) is 3.65. The Morgan fingerprint density at radius 2 is 1.87 bits per heavy atom. The second-order valence-corrected chi connectivity index (χ2v) is 6.38. The third-order valence-electron chi connectivity index (χ3n) is 4.57. The highest BCUT2D eigenvalue weighted by Gasteiger charge is 2.21. The van der Waals surface area contributed by atoms with Gasteiger partial charge in [-0.15, -0.1) is 0 Å². The summed E-state index contributed by atoms with van der Waals surface area (Å²) in [5.41, 5.74) is 3.83. The Bertz CT molecular complexity index is 1220. The van der Waals surface area contributed by atoms with Crippen molar-refractivity contribution in [2.24, 2.45) is 0 Å². The van der Waals surface area contributed by atoms with E-state index in [9.17, 15) is 9.59 Å². The SMILES string of the molecule is CCOC(=O)c1cc(-c2ccc(C(=O)OC)cc2)nc2n[nH]c(-c3cccnc3)c12. The minimum Gasteiger partial charge on any atom is -0.465 e. The van der Waals surface area contributed by atoms with Crippen LogP contribution in [0.4, 0.5) is 0 Å². The van der Waals surface area contributed by atoms with Crippen LogP contribution in [0.2, 0.25) is 0 Å². The Morgan fingerprint density at radius 1 is 1.07 bits per heavy atom. The lowest BCUT2D eigenvalue weighted by molar-refractivity contribution is 0.0527. The lowest BCUT2D eigenvalue weighted by Gasteiger charge is -2.08. The maximum absolute atomic E-state index is 12.7. The molecule has 8 nitrogen and oxygen atoms in total. The van der Waals surface area contributed by atoms with Gasteiger partial charge in [0.1, 0.15) is 0 Å². The predicted molar refractivity (Wildman–Crippen MR) is 110 cm³/mol. The van der Waals surface area contributed by atoms with Crippen LogP contribution in [0.15, 0.2) is 54.9 Å². The van der Waals surface area contributed by atoms with Crippen molar-refractivity contribution in [2.45, 2.75) is 6.92 Å². The fourth-order valence-electron chi connectivity index (χ4n) is 3.16. The van der Waals surface area contributed by atoms with Crippen LogP contribution in [0.25, 0.3) is 33.5 Å². The second kappa shape index (κ2) is 8.12. The number of ether oxygens (including phenoxy) is 2. The Morgan fingerprint density at radius 3 is 2.53 bits per heavy atom. The molecule has 0 aliphatic carbocycles. The first-order chi connectivity index (χ1) is 14.6. The molecule has 150 valence electrons. The monoisotopic (exact) mass is 402 g/mol. The number of aromatic amines is 1. The van der Waals surface area contributed by atoms with Crippen LogP contribution in [0.3, 0.4) is 0 Å². The van der Waals surface area contributed by atoms with E-state index < -0.39 is 11.9 Å². The van der Waals surface area contributed by atoms with Crippen molar-refractivity contribution >= 4 is 23.0 Å². The number of methoxy groups -OCH3 is 1. The van der Waals surface area contributed by atoms with Crippen molar-refractivity contribution in [2.75, 3.05) is 13.7 Å². The minimum absolute atomic E-state index is 0.242. The van der Waals surface area contributed by atoms with Gasteiger partial charge in [-0.25, -0.2) is 14.6 Å². The zero-order chi connectivity index (χ0) is 21.1. The van der Waals surface area contributed by atoms with Gasteiger partial charge in [0.25, 0.3) is 0 Å². The van der Waals surface area contributed by atoms with Gasteiger partial charge in [0.05, 0.1) is 41.6 Å². The number of pyridine rings is 2. The smallest absolute Gasteiger partial charge is 0.339 e. The quantitative estimate of drug-likeness (QED) is 0.508. The Kier molecular flexibility index (Phi) is 5.21. The van der Waals surface area contributed by atoms with E-state index in [1.807, 2.05) is 6.07 Å². The zero-order valence-electron chi connectivity index (χ0n) is 16.4. The van der Waals surface area contributed by atoms with E-state index in [1.165, 1.54) is 7.11 Å². The average Bonchev–Trinajstić information content (AvgIpc) is 3.23. The van der Waals surface area contributed by atoms with E-state index in [-0.39, 0.29) is 6.61 Å². The number of esters is 2. The first kappa shape index (κ1) is 19.3. The molecule has 4 rings (SSSR count). The van der Waals surface area contributed by atoms with Crippen LogP contribution >= 0.6 is 0 Å². The molecule has 0 radical (unpaired) electrons. The summed E-state index contributed by atoms with van der Waals surface area (Å²) >= 11 is 0. The fraction of sp³-hybridized carbons (Fsp3) is 0.136. The van der Waals surface area contributed by atoms with E-state index in [0.29, 0.717) is 33.5 Å². The van der Waals surface area contributed by atoms with Crippen molar-refractivity contribution in [1.29, 1.82) is 0 Å². The molecule has 30 heavy (non-hydrogen) atoms. The molecule has 0 bridgehead atoms. The molecule has 0 spiro atoms. The molecule has 1 aromatic carbocycles. The van der Waals surface area contributed by atoms with Gasteiger partial charge in [0.2, 0.25) is 0 Å². The topological polar surface area (TPSA) is 107 Å². The lowest BCUT2D eigenvalue weighted by atomic mass is 10.0. The second-order valence-electron chi connectivity index (χ2n) is 6.38. The molecule has 0 aliphatic rings. The van der Waals surface area contributed by atoms with E-state index in [1.54, 1.807) is 55.7 Å². The maximum Gasteiger partial charge on any atom is 0.339 e. The summed E-state index contributed by atoms with van der Waals surface area (Å²) in [7, 11) is 1.33. The highest BCUT2D eigenvalue weighted by Crippen LogP contribution is 2.31. The van der Waals surface area contributed by atoms with E-state index in [0.717, 1.165) is 11.1 Å². The molecule has 8 heteroatoms. The molecule has 0 amide bonds. The number of hydrogen-bond acceptors (Lipinski definition) is 7.